The summed E-state index contributed by atoms with van der Waals surface area (Å²) in [6, 6.07) is 8.72. The molecule has 2 aromatic rings. The van der Waals surface area contributed by atoms with E-state index >= 15 is 0 Å². The highest BCUT2D eigenvalue weighted by Crippen LogP contribution is 2.12. The van der Waals surface area contributed by atoms with Crippen molar-refractivity contribution >= 4 is 16.9 Å². The van der Waals surface area contributed by atoms with Gasteiger partial charge in [-0.05, 0) is 12.1 Å². The summed E-state index contributed by atoms with van der Waals surface area (Å²) in [5.41, 5.74) is -0.0406. The van der Waals surface area contributed by atoms with Gasteiger partial charge in [0.15, 0.2) is 0 Å². The van der Waals surface area contributed by atoms with Gasteiger partial charge in [-0.15, -0.1) is 0 Å². The number of hydrogen-bond donors (Lipinski definition) is 2. The molecular formula is C14H14N2O3. The summed E-state index contributed by atoms with van der Waals surface area (Å²) in [6.45, 7) is 2.40. The van der Waals surface area contributed by atoms with Crippen LogP contribution in [0.4, 0.5) is 0 Å². The molecule has 0 atom stereocenters. The fourth-order valence-electron chi connectivity index (χ4n) is 2.05. The van der Waals surface area contributed by atoms with Crippen LogP contribution in [-0.2, 0) is 0 Å². The second-order valence-electron chi connectivity index (χ2n) is 4.72. The van der Waals surface area contributed by atoms with Gasteiger partial charge in [0.1, 0.15) is 11.1 Å². The van der Waals surface area contributed by atoms with Crippen molar-refractivity contribution in [3.63, 3.8) is 0 Å². The Morgan fingerprint density at radius 2 is 2.16 bits per heavy atom. The Morgan fingerprint density at radius 3 is 2.89 bits per heavy atom. The number of amides is 1. The second kappa shape index (κ2) is 4.85. The van der Waals surface area contributed by atoms with Crippen molar-refractivity contribution in [1.82, 2.24) is 10.6 Å². The Morgan fingerprint density at radius 1 is 1.37 bits per heavy atom. The fourth-order valence-corrected chi connectivity index (χ4v) is 2.05. The van der Waals surface area contributed by atoms with Crippen molar-refractivity contribution in [2.75, 3.05) is 19.6 Å². The standard InChI is InChI=1S/C14H14N2O3/c17-13(16-8-9-6-15-7-9)11-5-10-3-1-2-4-12(10)19-14(11)18/h1-5,9,15H,6-8H2,(H,16,17). The SMILES string of the molecule is O=C(NCC1CNC1)c1cc2ccccc2oc1=O. The first-order chi connectivity index (χ1) is 9.24. The first kappa shape index (κ1) is 11.9. The van der Waals surface area contributed by atoms with Crippen LogP contribution in [0.3, 0.4) is 0 Å². The van der Waals surface area contributed by atoms with E-state index < -0.39 is 5.63 Å². The molecule has 1 amide bonds. The molecule has 5 heteroatoms. The first-order valence-corrected chi connectivity index (χ1v) is 6.26. The number of rotatable bonds is 3. The molecule has 1 aliphatic heterocycles. The lowest BCUT2D eigenvalue weighted by Gasteiger charge is -2.26. The lowest BCUT2D eigenvalue weighted by molar-refractivity contribution is 0.0938. The van der Waals surface area contributed by atoms with Gasteiger partial charge in [-0.1, -0.05) is 18.2 Å². The van der Waals surface area contributed by atoms with Gasteiger partial charge in [-0.2, -0.15) is 0 Å². The molecule has 0 aliphatic carbocycles. The van der Waals surface area contributed by atoms with Crippen LogP contribution in [0.5, 0.6) is 0 Å². The van der Waals surface area contributed by atoms with Crippen molar-refractivity contribution in [1.29, 1.82) is 0 Å². The minimum Gasteiger partial charge on any atom is -0.422 e. The van der Waals surface area contributed by atoms with Crippen LogP contribution in [-0.4, -0.2) is 25.5 Å². The molecule has 1 aliphatic rings. The number of carbonyl (C=O) groups excluding carboxylic acids is 1. The summed E-state index contributed by atoms with van der Waals surface area (Å²) in [4.78, 5) is 23.7. The van der Waals surface area contributed by atoms with Gasteiger partial charge < -0.3 is 15.1 Å². The molecular weight excluding hydrogens is 244 g/mol. The lowest BCUT2D eigenvalue weighted by Crippen LogP contribution is -2.48. The average Bonchev–Trinajstić information content (AvgIpc) is 2.36. The number of para-hydroxylation sites is 1. The Balaban J connectivity index is 1.84. The number of benzene rings is 1. The van der Waals surface area contributed by atoms with Gasteiger partial charge in [0, 0.05) is 30.9 Å². The molecule has 98 valence electrons. The molecule has 1 fully saturated rings. The summed E-state index contributed by atoms with van der Waals surface area (Å²) < 4.78 is 5.13. The van der Waals surface area contributed by atoms with E-state index in [0.29, 0.717) is 18.0 Å². The quantitative estimate of drug-likeness (QED) is 0.797. The van der Waals surface area contributed by atoms with E-state index in [0.717, 1.165) is 18.5 Å². The molecule has 2 heterocycles. The fraction of sp³-hybridized carbons (Fsp3) is 0.286. The van der Waals surface area contributed by atoms with E-state index in [1.165, 1.54) is 0 Å². The summed E-state index contributed by atoms with van der Waals surface area (Å²) in [7, 11) is 0. The van der Waals surface area contributed by atoms with E-state index in [-0.39, 0.29) is 11.5 Å². The van der Waals surface area contributed by atoms with Crippen molar-refractivity contribution in [2.45, 2.75) is 0 Å². The van der Waals surface area contributed by atoms with Gasteiger partial charge in [0.25, 0.3) is 5.91 Å². The highest BCUT2D eigenvalue weighted by atomic mass is 16.4. The highest BCUT2D eigenvalue weighted by molar-refractivity contribution is 5.96. The molecule has 3 rings (SSSR count). The zero-order valence-corrected chi connectivity index (χ0v) is 10.3. The Bertz CT molecular complexity index is 674. The van der Waals surface area contributed by atoms with E-state index in [1.54, 1.807) is 18.2 Å². The summed E-state index contributed by atoms with van der Waals surface area (Å²) in [5.74, 6) is 0.0860. The van der Waals surface area contributed by atoms with E-state index in [4.69, 9.17) is 4.42 Å². The number of carbonyl (C=O) groups is 1. The van der Waals surface area contributed by atoms with Crippen LogP contribution in [0, 0.1) is 5.92 Å². The smallest absolute Gasteiger partial charge is 0.349 e. The molecule has 0 radical (unpaired) electrons. The van der Waals surface area contributed by atoms with Gasteiger partial charge in [0.2, 0.25) is 0 Å². The molecule has 2 N–H and O–H groups in total. The van der Waals surface area contributed by atoms with Crippen LogP contribution >= 0.6 is 0 Å². The molecule has 0 saturated carbocycles. The van der Waals surface area contributed by atoms with E-state index in [9.17, 15) is 9.59 Å². The van der Waals surface area contributed by atoms with Gasteiger partial charge in [-0.25, -0.2) is 4.79 Å². The van der Waals surface area contributed by atoms with Gasteiger partial charge in [-0.3, -0.25) is 4.79 Å². The van der Waals surface area contributed by atoms with Crippen molar-refractivity contribution in [3.05, 3.63) is 46.3 Å². The average molecular weight is 258 g/mol. The zero-order chi connectivity index (χ0) is 13.2. The number of fused-ring (bicyclic) bond motifs is 1. The van der Waals surface area contributed by atoms with Crippen molar-refractivity contribution in [3.8, 4) is 0 Å². The zero-order valence-electron chi connectivity index (χ0n) is 10.3. The predicted molar refractivity (Wildman–Crippen MR) is 71.2 cm³/mol. The largest absolute Gasteiger partial charge is 0.422 e. The van der Waals surface area contributed by atoms with Crippen LogP contribution < -0.4 is 16.3 Å². The van der Waals surface area contributed by atoms with Crippen LogP contribution in [0.2, 0.25) is 0 Å². The van der Waals surface area contributed by atoms with Gasteiger partial charge >= 0.3 is 5.63 Å². The molecule has 0 unspecified atom stereocenters. The molecule has 0 spiro atoms. The molecule has 19 heavy (non-hydrogen) atoms. The topological polar surface area (TPSA) is 71.3 Å². The molecule has 1 saturated heterocycles. The third-order valence-electron chi connectivity index (χ3n) is 3.30. The maximum Gasteiger partial charge on any atom is 0.349 e. The third kappa shape index (κ3) is 2.37. The van der Waals surface area contributed by atoms with Crippen LogP contribution in [0.25, 0.3) is 11.0 Å². The molecule has 5 nitrogen and oxygen atoms in total. The minimum absolute atomic E-state index is 0.0611. The van der Waals surface area contributed by atoms with E-state index in [2.05, 4.69) is 10.6 Å². The summed E-state index contributed by atoms with van der Waals surface area (Å²) in [6.07, 6.45) is 0. The maximum atomic E-state index is 12.0. The Labute approximate surface area is 109 Å². The first-order valence-electron chi connectivity index (χ1n) is 6.26. The summed E-state index contributed by atoms with van der Waals surface area (Å²) >= 11 is 0. The highest BCUT2D eigenvalue weighted by Gasteiger charge is 2.19. The third-order valence-corrected chi connectivity index (χ3v) is 3.30. The predicted octanol–water partition coefficient (Wildman–Crippen LogP) is 0.742. The van der Waals surface area contributed by atoms with Crippen LogP contribution in [0.15, 0.2) is 39.5 Å². The number of hydrogen-bond acceptors (Lipinski definition) is 4. The van der Waals surface area contributed by atoms with Crippen molar-refractivity contribution in [2.24, 2.45) is 5.92 Å². The minimum atomic E-state index is -0.595. The normalized spacial score (nSPS) is 15.2. The summed E-state index contributed by atoms with van der Waals surface area (Å²) in [5, 5.41) is 6.64. The Hall–Kier alpha value is -2.14. The van der Waals surface area contributed by atoms with Crippen LogP contribution in [0.1, 0.15) is 10.4 Å². The lowest BCUT2D eigenvalue weighted by atomic mass is 10.0. The maximum absolute atomic E-state index is 12.0. The number of nitrogens with one attached hydrogen (secondary N) is 2. The molecule has 1 aromatic heterocycles. The Kier molecular flexibility index (Phi) is 3.05. The van der Waals surface area contributed by atoms with Gasteiger partial charge in [0.05, 0.1) is 0 Å². The molecule has 1 aromatic carbocycles. The molecule has 0 bridgehead atoms. The second-order valence-corrected chi connectivity index (χ2v) is 4.72. The monoisotopic (exact) mass is 258 g/mol. The van der Waals surface area contributed by atoms with E-state index in [1.807, 2.05) is 12.1 Å². The van der Waals surface area contributed by atoms with Crippen molar-refractivity contribution < 1.29 is 9.21 Å².